The van der Waals surface area contributed by atoms with Gasteiger partial charge in [0.25, 0.3) is 5.91 Å². The molecule has 0 radical (unpaired) electrons. The smallest absolute Gasteiger partial charge is 0.256 e. The highest BCUT2D eigenvalue weighted by molar-refractivity contribution is 7.08. The third-order valence-electron chi connectivity index (χ3n) is 2.74. The van der Waals surface area contributed by atoms with Crippen LogP contribution in [0.25, 0.3) is 0 Å². The fourth-order valence-electron chi connectivity index (χ4n) is 1.70. The Labute approximate surface area is 122 Å². The van der Waals surface area contributed by atoms with Crippen molar-refractivity contribution in [1.82, 2.24) is 0 Å². The Morgan fingerprint density at radius 2 is 2.15 bits per heavy atom. The van der Waals surface area contributed by atoms with Crippen LogP contribution in [0.1, 0.15) is 27.9 Å². The van der Waals surface area contributed by atoms with Gasteiger partial charge in [-0.25, -0.2) is 0 Å². The van der Waals surface area contributed by atoms with E-state index in [1.807, 2.05) is 41.9 Å². The molecule has 1 aromatic heterocycles. The molecule has 102 valence electrons. The third-order valence-corrected chi connectivity index (χ3v) is 3.60. The molecular formula is C16H15NO2S. The van der Waals surface area contributed by atoms with Crippen molar-refractivity contribution in [2.45, 2.75) is 13.3 Å². The van der Waals surface area contributed by atoms with Crippen LogP contribution in [0.5, 0.6) is 0 Å². The average molecular weight is 285 g/mol. The monoisotopic (exact) mass is 285 g/mol. The highest BCUT2D eigenvalue weighted by Gasteiger charge is 2.11. The SMILES string of the molecule is Cc1cscc1C(=O)Nc1ccccc1C#CCCO. The fraction of sp³-hybridized carbons (Fsp3) is 0.188. The van der Waals surface area contributed by atoms with Gasteiger partial charge in [-0.2, -0.15) is 11.3 Å². The number of thiophene rings is 1. The quantitative estimate of drug-likeness (QED) is 0.852. The zero-order valence-electron chi connectivity index (χ0n) is 11.1. The number of carbonyl (C=O) groups is 1. The van der Waals surface area contributed by atoms with Gasteiger partial charge in [0.2, 0.25) is 0 Å². The van der Waals surface area contributed by atoms with E-state index in [9.17, 15) is 4.79 Å². The summed E-state index contributed by atoms with van der Waals surface area (Å²) in [4.78, 5) is 12.2. The number of para-hydroxylation sites is 1. The van der Waals surface area contributed by atoms with Crippen molar-refractivity contribution in [3.05, 3.63) is 51.7 Å². The van der Waals surface area contributed by atoms with Crippen molar-refractivity contribution in [1.29, 1.82) is 0 Å². The summed E-state index contributed by atoms with van der Waals surface area (Å²) in [6.07, 6.45) is 0.423. The van der Waals surface area contributed by atoms with Crippen molar-refractivity contribution in [3.8, 4) is 11.8 Å². The maximum absolute atomic E-state index is 12.2. The van der Waals surface area contributed by atoms with E-state index in [0.29, 0.717) is 17.7 Å². The number of nitrogens with one attached hydrogen (secondary N) is 1. The lowest BCUT2D eigenvalue weighted by molar-refractivity contribution is 0.102. The Hall–Kier alpha value is -2.09. The largest absolute Gasteiger partial charge is 0.395 e. The molecule has 20 heavy (non-hydrogen) atoms. The van der Waals surface area contributed by atoms with E-state index in [1.165, 1.54) is 11.3 Å². The van der Waals surface area contributed by atoms with Crippen LogP contribution in [0.4, 0.5) is 5.69 Å². The molecule has 0 bridgehead atoms. The van der Waals surface area contributed by atoms with Crippen LogP contribution in [0.2, 0.25) is 0 Å². The number of hydrogen-bond donors (Lipinski definition) is 2. The molecule has 0 saturated heterocycles. The number of rotatable bonds is 3. The standard InChI is InChI=1S/C16H15NO2S/c1-12-10-20-11-14(12)16(19)17-15-8-3-2-6-13(15)7-4-5-9-18/h2-3,6,8,10-11,18H,5,9H2,1H3,(H,17,19). The molecule has 0 aliphatic carbocycles. The van der Waals surface area contributed by atoms with Crippen LogP contribution in [0, 0.1) is 18.8 Å². The first-order chi connectivity index (χ1) is 9.72. The molecule has 0 aliphatic rings. The van der Waals surface area contributed by atoms with Crippen molar-refractivity contribution < 1.29 is 9.90 Å². The van der Waals surface area contributed by atoms with E-state index >= 15 is 0 Å². The predicted molar refractivity (Wildman–Crippen MR) is 82.0 cm³/mol. The number of benzene rings is 1. The number of hydrogen-bond acceptors (Lipinski definition) is 3. The summed E-state index contributed by atoms with van der Waals surface area (Å²) in [5.74, 6) is 5.69. The number of aryl methyl sites for hydroxylation is 1. The van der Waals surface area contributed by atoms with E-state index in [2.05, 4.69) is 17.2 Å². The normalized spacial score (nSPS) is 9.70. The second kappa shape index (κ2) is 6.90. The molecule has 2 aromatic rings. The third kappa shape index (κ3) is 3.47. The number of amides is 1. The summed E-state index contributed by atoms with van der Waals surface area (Å²) in [5, 5.41) is 15.4. The summed E-state index contributed by atoms with van der Waals surface area (Å²) in [6.45, 7) is 1.95. The summed E-state index contributed by atoms with van der Waals surface area (Å²) in [7, 11) is 0. The molecule has 2 N–H and O–H groups in total. The van der Waals surface area contributed by atoms with E-state index in [0.717, 1.165) is 11.1 Å². The van der Waals surface area contributed by atoms with Gasteiger partial charge < -0.3 is 10.4 Å². The maximum Gasteiger partial charge on any atom is 0.256 e. The summed E-state index contributed by atoms with van der Waals surface area (Å²) >= 11 is 1.51. The number of aliphatic hydroxyl groups excluding tert-OH is 1. The van der Waals surface area contributed by atoms with Gasteiger partial charge in [0, 0.05) is 17.4 Å². The molecule has 1 amide bonds. The number of carbonyl (C=O) groups excluding carboxylic acids is 1. The predicted octanol–water partition coefficient (Wildman–Crippen LogP) is 3.04. The minimum atomic E-state index is -0.125. The van der Waals surface area contributed by atoms with Gasteiger partial charge >= 0.3 is 0 Å². The zero-order valence-corrected chi connectivity index (χ0v) is 12.0. The molecule has 2 rings (SSSR count). The maximum atomic E-state index is 12.2. The summed E-state index contributed by atoms with van der Waals surface area (Å²) in [6, 6.07) is 7.39. The minimum Gasteiger partial charge on any atom is -0.395 e. The van der Waals surface area contributed by atoms with Gasteiger partial charge in [-0.1, -0.05) is 24.0 Å². The molecule has 1 aromatic carbocycles. The summed E-state index contributed by atoms with van der Waals surface area (Å²) in [5.41, 5.74) is 3.10. The Morgan fingerprint density at radius 1 is 1.35 bits per heavy atom. The van der Waals surface area contributed by atoms with Gasteiger partial charge in [-0.05, 0) is 30.0 Å². The first-order valence-electron chi connectivity index (χ1n) is 6.25. The van der Waals surface area contributed by atoms with Gasteiger partial charge in [0.15, 0.2) is 0 Å². The lowest BCUT2D eigenvalue weighted by atomic mass is 10.1. The van der Waals surface area contributed by atoms with E-state index in [1.54, 1.807) is 0 Å². The number of anilines is 1. The van der Waals surface area contributed by atoms with Crippen LogP contribution >= 0.6 is 11.3 Å². The van der Waals surface area contributed by atoms with Gasteiger partial charge in [0.1, 0.15) is 0 Å². The second-order valence-electron chi connectivity index (χ2n) is 4.24. The molecular weight excluding hydrogens is 270 g/mol. The molecule has 0 aliphatic heterocycles. The van der Waals surface area contributed by atoms with Crippen LogP contribution in [-0.2, 0) is 0 Å². The molecule has 4 heteroatoms. The van der Waals surface area contributed by atoms with Crippen molar-refractivity contribution in [2.75, 3.05) is 11.9 Å². The van der Waals surface area contributed by atoms with E-state index in [-0.39, 0.29) is 12.5 Å². The molecule has 3 nitrogen and oxygen atoms in total. The number of aliphatic hydroxyl groups is 1. The molecule has 0 atom stereocenters. The lowest BCUT2D eigenvalue weighted by Crippen LogP contribution is -2.13. The highest BCUT2D eigenvalue weighted by Crippen LogP contribution is 2.18. The average Bonchev–Trinajstić information content (AvgIpc) is 2.87. The van der Waals surface area contributed by atoms with Gasteiger partial charge in [-0.3, -0.25) is 4.79 Å². The second-order valence-corrected chi connectivity index (χ2v) is 4.99. The van der Waals surface area contributed by atoms with E-state index in [4.69, 9.17) is 5.11 Å². The summed E-state index contributed by atoms with van der Waals surface area (Å²) < 4.78 is 0. The van der Waals surface area contributed by atoms with Crippen LogP contribution < -0.4 is 5.32 Å². The lowest BCUT2D eigenvalue weighted by Gasteiger charge is -2.07. The fourth-order valence-corrected chi connectivity index (χ4v) is 2.53. The Balaban J connectivity index is 2.20. The first-order valence-corrected chi connectivity index (χ1v) is 7.19. The molecule has 0 unspecified atom stereocenters. The Bertz CT molecular complexity index is 664. The van der Waals surface area contributed by atoms with Crippen molar-refractivity contribution in [3.63, 3.8) is 0 Å². The molecule has 0 fully saturated rings. The minimum absolute atomic E-state index is 0.0373. The highest BCUT2D eigenvalue weighted by atomic mass is 32.1. The van der Waals surface area contributed by atoms with Gasteiger partial charge in [-0.15, -0.1) is 0 Å². The van der Waals surface area contributed by atoms with Crippen LogP contribution in [-0.4, -0.2) is 17.6 Å². The molecule has 0 saturated carbocycles. The van der Waals surface area contributed by atoms with E-state index < -0.39 is 0 Å². The van der Waals surface area contributed by atoms with Crippen LogP contribution in [0.15, 0.2) is 35.0 Å². The molecule has 1 heterocycles. The van der Waals surface area contributed by atoms with Crippen LogP contribution in [0.3, 0.4) is 0 Å². The Kier molecular flexibility index (Phi) is 4.94. The van der Waals surface area contributed by atoms with Gasteiger partial charge in [0.05, 0.1) is 17.9 Å². The first kappa shape index (κ1) is 14.3. The molecule has 0 spiro atoms. The topological polar surface area (TPSA) is 49.3 Å². The zero-order chi connectivity index (χ0) is 14.4. The van der Waals surface area contributed by atoms with Crippen molar-refractivity contribution >= 4 is 22.9 Å². The van der Waals surface area contributed by atoms with Crippen molar-refractivity contribution in [2.24, 2.45) is 0 Å². The Morgan fingerprint density at radius 3 is 2.85 bits per heavy atom.